The molecule has 38 heavy (non-hydrogen) atoms. The fourth-order valence-corrected chi connectivity index (χ4v) is 5.88. The molecule has 3 aliphatic rings. The van der Waals surface area contributed by atoms with Crippen molar-refractivity contribution in [2.45, 2.75) is 69.4 Å². The molecule has 0 unspecified atom stereocenters. The fourth-order valence-electron chi connectivity index (χ4n) is 5.88. The summed E-state index contributed by atoms with van der Waals surface area (Å²) in [4.78, 5) is 41.4. The van der Waals surface area contributed by atoms with Crippen LogP contribution in [0.3, 0.4) is 0 Å². The van der Waals surface area contributed by atoms with Gasteiger partial charge in [0.15, 0.2) is 0 Å². The topological polar surface area (TPSA) is 87.2 Å². The number of hydrogen-bond donors (Lipinski definition) is 1. The van der Waals surface area contributed by atoms with Crippen molar-refractivity contribution in [3.63, 3.8) is 0 Å². The van der Waals surface area contributed by atoms with Crippen molar-refractivity contribution in [2.75, 3.05) is 4.90 Å². The van der Waals surface area contributed by atoms with Crippen molar-refractivity contribution in [1.29, 1.82) is 0 Å². The summed E-state index contributed by atoms with van der Waals surface area (Å²) in [6.45, 7) is 0. The highest BCUT2D eigenvalue weighted by Gasteiger charge is 2.51. The Morgan fingerprint density at radius 3 is 2.34 bits per heavy atom. The van der Waals surface area contributed by atoms with E-state index in [-0.39, 0.29) is 42.3 Å². The zero-order valence-electron chi connectivity index (χ0n) is 20.3. The van der Waals surface area contributed by atoms with Crippen LogP contribution in [0.4, 0.5) is 23.2 Å². The van der Waals surface area contributed by atoms with Crippen LogP contribution in [0.1, 0.15) is 66.9 Å². The Balaban J connectivity index is 1.52. The van der Waals surface area contributed by atoms with Crippen molar-refractivity contribution >= 4 is 23.5 Å². The summed E-state index contributed by atoms with van der Waals surface area (Å²) in [6.07, 6.45) is -1.70. The first-order chi connectivity index (χ1) is 18.0. The number of carbonyl (C=O) groups is 3. The second kappa shape index (κ2) is 9.92. The van der Waals surface area contributed by atoms with E-state index in [2.05, 4.69) is 4.74 Å². The van der Waals surface area contributed by atoms with E-state index in [1.165, 1.54) is 30.3 Å². The first-order valence-corrected chi connectivity index (χ1v) is 12.6. The molecule has 2 fully saturated rings. The minimum atomic E-state index is -4.86. The van der Waals surface area contributed by atoms with E-state index in [4.69, 9.17) is 5.11 Å². The van der Waals surface area contributed by atoms with Gasteiger partial charge in [0.25, 0.3) is 5.91 Å². The number of hydrogen-bond acceptors (Lipinski definition) is 4. The molecule has 2 amide bonds. The third-order valence-corrected chi connectivity index (χ3v) is 7.47. The predicted molar refractivity (Wildman–Crippen MR) is 127 cm³/mol. The molecule has 2 aliphatic carbocycles. The van der Waals surface area contributed by atoms with Gasteiger partial charge in [-0.05, 0) is 68.1 Å². The van der Waals surface area contributed by atoms with Crippen LogP contribution in [0.15, 0.2) is 42.5 Å². The Morgan fingerprint density at radius 2 is 1.71 bits per heavy atom. The number of ether oxygens (including phenoxy) is 1. The minimum absolute atomic E-state index is 0.0675. The van der Waals surface area contributed by atoms with Gasteiger partial charge >= 0.3 is 12.3 Å². The van der Waals surface area contributed by atoms with Crippen molar-refractivity contribution in [2.24, 2.45) is 5.92 Å². The molecule has 0 radical (unpaired) electrons. The monoisotopic (exact) mass is 534 g/mol. The molecule has 1 aliphatic heterocycles. The lowest BCUT2D eigenvalue weighted by Crippen LogP contribution is -2.53. The standard InChI is InChI=1S/C27H26F4N2O5/c28-16-6-11-22-20(14-16)25(32(17-7-8-17)23(34)12-13-24(35)36)19-2-1-3-21(19)33(22)26(37)15-4-9-18(10-5-15)38-27(29,30)31/h4-6,9-11,14,17,19,21,25H,1-3,7-8,12-13H2,(H,35,36)/t19-,21+,25-/m0/s1. The van der Waals surface area contributed by atoms with Crippen LogP contribution in [0.25, 0.3) is 0 Å². The molecule has 0 saturated heterocycles. The van der Waals surface area contributed by atoms with Gasteiger partial charge in [-0.25, -0.2) is 4.39 Å². The van der Waals surface area contributed by atoms with Crippen LogP contribution in [-0.4, -0.2) is 46.2 Å². The third kappa shape index (κ3) is 5.19. The van der Waals surface area contributed by atoms with Gasteiger partial charge in [0.2, 0.25) is 5.91 Å². The number of rotatable bonds is 7. The summed E-state index contributed by atoms with van der Waals surface area (Å²) in [5.74, 6) is -3.00. The molecule has 202 valence electrons. The number of benzene rings is 2. The Morgan fingerprint density at radius 1 is 1.00 bits per heavy atom. The molecule has 2 aromatic rings. The number of halogens is 4. The van der Waals surface area contributed by atoms with Gasteiger partial charge in [-0.15, -0.1) is 13.2 Å². The quantitative estimate of drug-likeness (QED) is 0.478. The molecule has 5 rings (SSSR count). The first-order valence-electron chi connectivity index (χ1n) is 12.6. The first kappa shape index (κ1) is 26.0. The van der Waals surface area contributed by atoms with Crippen LogP contribution in [0, 0.1) is 11.7 Å². The zero-order chi connectivity index (χ0) is 27.2. The molecular formula is C27H26F4N2O5. The number of alkyl halides is 3. The van der Waals surface area contributed by atoms with E-state index in [1.54, 1.807) is 9.80 Å². The maximum absolute atomic E-state index is 14.6. The SMILES string of the molecule is O=C(O)CCC(=O)N(C1CC1)[C@@H]1c2cc(F)ccc2N(C(=O)c2ccc(OC(F)(F)F)cc2)[C@@H]2CCC[C@@H]21. The van der Waals surface area contributed by atoms with E-state index in [0.717, 1.165) is 31.4 Å². The molecule has 11 heteroatoms. The van der Waals surface area contributed by atoms with Crippen molar-refractivity contribution in [1.82, 2.24) is 4.90 Å². The van der Waals surface area contributed by atoms with E-state index >= 15 is 0 Å². The normalized spacial score (nSPS) is 22.4. The average Bonchev–Trinajstić information content (AvgIpc) is 3.57. The fraction of sp³-hybridized carbons (Fsp3) is 0.444. The Bertz CT molecular complexity index is 1250. The van der Waals surface area contributed by atoms with Crippen LogP contribution in [0.2, 0.25) is 0 Å². The lowest BCUT2D eigenvalue weighted by molar-refractivity contribution is -0.274. The smallest absolute Gasteiger partial charge is 0.481 e. The molecule has 3 atom stereocenters. The second-order valence-electron chi connectivity index (χ2n) is 9.98. The van der Waals surface area contributed by atoms with Gasteiger partial charge in [0.1, 0.15) is 11.6 Å². The summed E-state index contributed by atoms with van der Waals surface area (Å²) >= 11 is 0. The van der Waals surface area contributed by atoms with Gasteiger partial charge in [0, 0.05) is 41.2 Å². The number of amides is 2. The molecule has 2 aromatic carbocycles. The van der Waals surface area contributed by atoms with Gasteiger partial charge in [-0.3, -0.25) is 14.4 Å². The molecular weight excluding hydrogens is 508 g/mol. The summed E-state index contributed by atoms with van der Waals surface area (Å²) < 4.78 is 56.2. The van der Waals surface area contributed by atoms with Gasteiger partial charge in [-0.1, -0.05) is 6.42 Å². The number of carboxylic acids is 1. The lowest BCUT2D eigenvalue weighted by atomic mass is 9.81. The lowest BCUT2D eigenvalue weighted by Gasteiger charge is -2.48. The van der Waals surface area contributed by atoms with Crippen LogP contribution in [-0.2, 0) is 9.59 Å². The third-order valence-electron chi connectivity index (χ3n) is 7.47. The van der Waals surface area contributed by atoms with Crippen LogP contribution < -0.4 is 9.64 Å². The molecule has 1 N–H and O–H groups in total. The van der Waals surface area contributed by atoms with Gasteiger partial charge in [-0.2, -0.15) is 0 Å². The summed E-state index contributed by atoms with van der Waals surface area (Å²) in [5, 5.41) is 9.10. The molecule has 0 bridgehead atoms. The maximum atomic E-state index is 14.6. The highest BCUT2D eigenvalue weighted by Crippen LogP contribution is 2.53. The summed E-state index contributed by atoms with van der Waals surface area (Å²) in [5.41, 5.74) is 1.07. The zero-order valence-corrected chi connectivity index (χ0v) is 20.3. The van der Waals surface area contributed by atoms with E-state index in [0.29, 0.717) is 24.1 Å². The van der Waals surface area contributed by atoms with E-state index in [9.17, 15) is 31.9 Å². The average molecular weight is 535 g/mol. The largest absolute Gasteiger partial charge is 0.573 e. The second-order valence-corrected chi connectivity index (χ2v) is 9.98. The highest BCUT2D eigenvalue weighted by molar-refractivity contribution is 6.07. The number of aliphatic carboxylic acids is 1. The Labute approximate surface area is 216 Å². The van der Waals surface area contributed by atoms with Gasteiger partial charge in [0.05, 0.1) is 12.5 Å². The minimum Gasteiger partial charge on any atom is -0.481 e. The van der Waals surface area contributed by atoms with Crippen LogP contribution in [0.5, 0.6) is 5.75 Å². The van der Waals surface area contributed by atoms with Crippen LogP contribution >= 0.6 is 0 Å². The van der Waals surface area contributed by atoms with E-state index in [1.807, 2.05) is 0 Å². The maximum Gasteiger partial charge on any atom is 0.573 e. The Hall–Kier alpha value is -3.63. The Kier molecular flexibility index (Phi) is 6.79. The predicted octanol–water partition coefficient (Wildman–Crippen LogP) is 5.45. The number of anilines is 1. The van der Waals surface area contributed by atoms with Crippen molar-refractivity contribution in [3.05, 3.63) is 59.4 Å². The number of carbonyl (C=O) groups excluding carboxylic acids is 2. The molecule has 7 nitrogen and oxygen atoms in total. The number of carboxylic acid groups (broad SMARTS) is 1. The summed E-state index contributed by atoms with van der Waals surface area (Å²) in [6, 6.07) is 7.83. The van der Waals surface area contributed by atoms with Crippen molar-refractivity contribution in [3.8, 4) is 5.75 Å². The molecule has 0 spiro atoms. The molecule has 1 heterocycles. The number of nitrogens with zero attached hydrogens (tertiary/aromatic N) is 2. The highest BCUT2D eigenvalue weighted by atomic mass is 19.4. The van der Waals surface area contributed by atoms with Crippen molar-refractivity contribution < 1.29 is 41.8 Å². The molecule has 0 aromatic heterocycles. The summed E-state index contributed by atoms with van der Waals surface area (Å²) in [7, 11) is 0. The van der Waals surface area contributed by atoms with E-state index < -0.39 is 35.8 Å². The molecule has 2 saturated carbocycles. The number of fused-ring (bicyclic) bond motifs is 2. The van der Waals surface area contributed by atoms with Gasteiger partial charge < -0.3 is 19.6 Å².